The topological polar surface area (TPSA) is 86.5 Å². The molecule has 1 N–H and O–H groups in total. The average molecular weight is 339 g/mol. The van der Waals surface area contributed by atoms with Crippen LogP contribution in [0.2, 0.25) is 0 Å². The van der Waals surface area contributed by atoms with Gasteiger partial charge in [-0.05, 0) is 31.2 Å². The van der Waals surface area contributed by atoms with E-state index >= 15 is 0 Å². The molecule has 0 spiro atoms. The van der Waals surface area contributed by atoms with Gasteiger partial charge < -0.3 is 19.3 Å². The minimum absolute atomic E-state index is 0.305. The molecule has 0 unspecified atom stereocenters. The smallest absolute Gasteiger partial charge is 0.260 e. The number of para-hydroxylation sites is 1. The number of nitrogens with zero attached hydrogens (tertiary/aromatic N) is 2. The molecule has 0 saturated carbocycles. The predicted molar refractivity (Wildman–Crippen MR) is 92.0 cm³/mol. The maximum absolute atomic E-state index is 12.7. The monoisotopic (exact) mass is 339 g/mol. The molecule has 0 radical (unpaired) electrons. The Labute approximate surface area is 144 Å². The second-order valence-electron chi connectivity index (χ2n) is 5.25. The average Bonchev–Trinajstić information content (AvgIpc) is 3.07. The first-order valence-corrected chi connectivity index (χ1v) is 7.55. The number of methoxy groups -OCH3 is 2. The normalized spacial score (nSPS) is 10.4. The number of aromatic nitrogens is 2. The highest BCUT2D eigenvalue weighted by molar-refractivity contribution is 6.06. The third-order valence-electron chi connectivity index (χ3n) is 3.55. The minimum Gasteiger partial charge on any atom is -0.497 e. The number of hydrogen-bond acceptors (Lipinski definition) is 6. The predicted octanol–water partition coefficient (Wildman–Crippen LogP) is 3.31. The highest BCUT2D eigenvalue weighted by Gasteiger charge is 2.15. The van der Waals surface area contributed by atoms with Gasteiger partial charge in [-0.2, -0.15) is 4.98 Å². The first-order valence-electron chi connectivity index (χ1n) is 7.55. The van der Waals surface area contributed by atoms with Gasteiger partial charge in [0, 0.05) is 11.6 Å². The van der Waals surface area contributed by atoms with Gasteiger partial charge in [0.15, 0.2) is 5.82 Å². The first-order chi connectivity index (χ1) is 12.1. The van der Waals surface area contributed by atoms with E-state index in [1.165, 1.54) is 14.2 Å². The molecule has 128 valence electrons. The van der Waals surface area contributed by atoms with E-state index in [-0.39, 0.29) is 5.91 Å². The van der Waals surface area contributed by atoms with Crippen molar-refractivity contribution in [3.05, 3.63) is 53.9 Å². The SMILES string of the molecule is COc1cc(OC)cc(C(=O)Nc2ccccc2-c2nc(C)no2)c1. The van der Waals surface area contributed by atoms with Crippen LogP contribution in [0.3, 0.4) is 0 Å². The summed E-state index contributed by atoms with van der Waals surface area (Å²) >= 11 is 0. The summed E-state index contributed by atoms with van der Waals surface area (Å²) in [5.41, 5.74) is 1.62. The summed E-state index contributed by atoms with van der Waals surface area (Å²) in [4.78, 5) is 16.9. The molecule has 7 nitrogen and oxygen atoms in total. The molecule has 0 aliphatic rings. The summed E-state index contributed by atoms with van der Waals surface area (Å²) < 4.78 is 15.6. The number of carbonyl (C=O) groups excluding carboxylic acids is 1. The number of rotatable bonds is 5. The zero-order valence-electron chi connectivity index (χ0n) is 14.1. The van der Waals surface area contributed by atoms with Crippen molar-refractivity contribution in [2.75, 3.05) is 19.5 Å². The number of anilines is 1. The Balaban J connectivity index is 1.92. The largest absolute Gasteiger partial charge is 0.497 e. The Morgan fingerprint density at radius 3 is 2.36 bits per heavy atom. The molecule has 3 aromatic rings. The van der Waals surface area contributed by atoms with Crippen LogP contribution in [0.25, 0.3) is 11.5 Å². The molecule has 1 heterocycles. The first kappa shape index (κ1) is 16.5. The van der Waals surface area contributed by atoms with Crippen molar-refractivity contribution < 1.29 is 18.8 Å². The Bertz CT molecular complexity index is 883. The highest BCUT2D eigenvalue weighted by atomic mass is 16.5. The summed E-state index contributed by atoms with van der Waals surface area (Å²) in [7, 11) is 3.06. The van der Waals surface area contributed by atoms with Crippen LogP contribution < -0.4 is 14.8 Å². The van der Waals surface area contributed by atoms with E-state index in [4.69, 9.17) is 14.0 Å². The van der Waals surface area contributed by atoms with Crippen LogP contribution in [0.15, 0.2) is 47.0 Å². The van der Waals surface area contributed by atoms with Crippen LogP contribution in [0, 0.1) is 6.92 Å². The third-order valence-corrected chi connectivity index (χ3v) is 3.55. The molecule has 7 heteroatoms. The standard InChI is InChI=1S/C18H17N3O4/c1-11-19-18(25-21-11)15-6-4-5-7-16(15)20-17(22)12-8-13(23-2)10-14(9-12)24-3/h4-10H,1-3H3,(H,20,22). The lowest BCUT2D eigenvalue weighted by atomic mass is 10.1. The lowest BCUT2D eigenvalue weighted by Crippen LogP contribution is -2.13. The van der Waals surface area contributed by atoms with Crippen molar-refractivity contribution in [2.45, 2.75) is 6.92 Å². The van der Waals surface area contributed by atoms with Gasteiger partial charge in [-0.25, -0.2) is 0 Å². The van der Waals surface area contributed by atoms with Gasteiger partial charge in [-0.15, -0.1) is 0 Å². The third kappa shape index (κ3) is 3.60. The number of hydrogen-bond donors (Lipinski definition) is 1. The number of amides is 1. The summed E-state index contributed by atoms with van der Waals surface area (Å²) in [6, 6.07) is 12.2. The fourth-order valence-corrected chi connectivity index (χ4v) is 2.32. The molecule has 0 fully saturated rings. The van der Waals surface area contributed by atoms with Gasteiger partial charge >= 0.3 is 0 Å². The van der Waals surface area contributed by atoms with E-state index < -0.39 is 0 Å². The summed E-state index contributed by atoms with van der Waals surface area (Å²) in [6.07, 6.45) is 0. The second kappa shape index (κ2) is 7.04. The Morgan fingerprint density at radius 2 is 1.76 bits per heavy atom. The minimum atomic E-state index is -0.305. The number of ether oxygens (including phenoxy) is 2. The van der Waals surface area contributed by atoms with Gasteiger partial charge in [0.2, 0.25) is 0 Å². The Kier molecular flexibility index (Phi) is 4.65. The number of nitrogens with one attached hydrogen (secondary N) is 1. The maximum atomic E-state index is 12.7. The number of benzene rings is 2. The zero-order valence-corrected chi connectivity index (χ0v) is 14.1. The summed E-state index contributed by atoms with van der Waals surface area (Å²) in [5, 5.41) is 6.64. The molecule has 0 saturated heterocycles. The van der Waals surface area contributed by atoms with Gasteiger partial charge in [0.25, 0.3) is 11.8 Å². The van der Waals surface area contributed by atoms with Crippen molar-refractivity contribution in [2.24, 2.45) is 0 Å². The van der Waals surface area contributed by atoms with E-state index in [9.17, 15) is 4.79 Å². The lowest BCUT2D eigenvalue weighted by Gasteiger charge is -2.11. The molecule has 0 atom stereocenters. The van der Waals surface area contributed by atoms with Crippen LogP contribution in [-0.2, 0) is 0 Å². The molecule has 0 aliphatic heterocycles. The second-order valence-corrected chi connectivity index (χ2v) is 5.25. The van der Waals surface area contributed by atoms with E-state index in [0.717, 1.165) is 0 Å². The highest BCUT2D eigenvalue weighted by Crippen LogP contribution is 2.28. The summed E-state index contributed by atoms with van der Waals surface area (Å²) in [5.74, 6) is 1.63. The fourth-order valence-electron chi connectivity index (χ4n) is 2.32. The van der Waals surface area contributed by atoms with Crippen LogP contribution in [0.1, 0.15) is 16.2 Å². The van der Waals surface area contributed by atoms with Crippen molar-refractivity contribution in [3.8, 4) is 23.0 Å². The van der Waals surface area contributed by atoms with E-state index in [1.54, 1.807) is 37.3 Å². The van der Waals surface area contributed by atoms with Gasteiger partial charge in [0.05, 0.1) is 25.5 Å². The molecule has 3 rings (SSSR count). The molecule has 0 bridgehead atoms. The van der Waals surface area contributed by atoms with Crippen molar-refractivity contribution >= 4 is 11.6 Å². The van der Waals surface area contributed by atoms with Crippen molar-refractivity contribution in [1.29, 1.82) is 0 Å². The quantitative estimate of drug-likeness (QED) is 0.767. The maximum Gasteiger partial charge on any atom is 0.260 e. The molecule has 2 aromatic carbocycles. The zero-order chi connectivity index (χ0) is 17.8. The van der Waals surface area contributed by atoms with Crippen LogP contribution in [0.5, 0.6) is 11.5 Å². The molecular formula is C18H17N3O4. The fraction of sp³-hybridized carbons (Fsp3) is 0.167. The van der Waals surface area contributed by atoms with Gasteiger partial charge in [0.1, 0.15) is 11.5 Å². The molecule has 1 amide bonds. The van der Waals surface area contributed by atoms with E-state index in [1.807, 2.05) is 12.1 Å². The number of aryl methyl sites for hydroxylation is 1. The van der Waals surface area contributed by atoms with E-state index in [2.05, 4.69) is 15.5 Å². The summed E-state index contributed by atoms with van der Waals surface area (Å²) in [6.45, 7) is 1.73. The molecule has 0 aliphatic carbocycles. The van der Waals surface area contributed by atoms with Crippen LogP contribution in [0.4, 0.5) is 5.69 Å². The van der Waals surface area contributed by atoms with Crippen molar-refractivity contribution in [3.63, 3.8) is 0 Å². The molecule has 25 heavy (non-hydrogen) atoms. The van der Waals surface area contributed by atoms with E-state index in [0.29, 0.717) is 40.0 Å². The lowest BCUT2D eigenvalue weighted by molar-refractivity contribution is 0.102. The van der Waals surface area contributed by atoms with Gasteiger partial charge in [-0.1, -0.05) is 17.3 Å². The molecule has 1 aromatic heterocycles. The van der Waals surface area contributed by atoms with Gasteiger partial charge in [-0.3, -0.25) is 4.79 Å². The Hall–Kier alpha value is -3.35. The number of carbonyl (C=O) groups is 1. The van der Waals surface area contributed by atoms with Crippen molar-refractivity contribution in [1.82, 2.24) is 10.1 Å². The van der Waals surface area contributed by atoms with Crippen LogP contribution in [-0.4, -0.2) is 30.3 Å². The van der Waals surface area contributed by atoms with Crippen LogP contribution >= 0.6 is 0 Å². The Morgan fingerprint density at radius 1 is 1.08 bits per heavy atom. The molecular weight excluding hydrogens is 322 g/mol.